The van der Waals surface area contributed by atoms with Gasteiger partial charge in [0.15, 0.2) is 0 Å². The minimum absolute atomic E-state index is 0.160. The van der Waals surface area contributed by atoms with Gasteiger partial charge in [0.2, 0.25) is 0 Å². The fourth-order valence-electron chi connectivity index (χ4n) is 2.98. The van der Waals surface area contributed by atoms with Crippen molar-refractivity contribution in [2.45, 2.75) is 52.6 Å². The lowest BCUT2D eigenvalue weighted by molar-refractivity contribution is -0.0244. The zero-order valence-corrected chi connectivity index (χ0v) is 11.2. The van der Waals surface area contributed by atoms with Gasteiger partial charge in [-0.15, -0.1) is 6.58 Å². The third-order valence-electron chi connectivity index (χ3n) is 4.41. The highest BCUT2D eigenvalue weighted by Gasteiger charge is 2.42. The summed E-state index contributed by atoms with van der Waals surface area (Å²) in [5, 5.41) is 10.1. The molecular weight excluding hydrogens is 196 g/mol. The lowest BCUT2D eigenvalue weighted by Crippen LogP contribution is -2.41. The van der Waals surface area contributed by atoms with Crippen molar-refractivity contribution in [3.8, 4) is 0 Å². The Hall–Kier alpha value is -0.560. The first-order chi connectivity index (χ1) is 7.20. The van der Waals surface area contributed by atoms with E-state index in [0.29, 0.717) is 11.8 Å². The lowest BCUT2D eigenvalue weighted by Gasteiger charge is -2.46. The molecule has 1 rings (SSSR count). The van der Waals surface area contributed by atoms with Gasteiger partial charge in [-0.25, -0.2) is 0 Å². The van der Waals surface area contributed by atoms with E-state index in [1.54, 1.807) is 0 Å². The Morgan fingerprint density at radius 2 is 2.06 bits per heavy atom. The molecule has 16 heavy (non-hydrogen) atoms. The zero-order chi connectivity index (χ0) is 12.6. The van der Waals surface area contributed by atoms with Crippen molar-refractivity contribution < 1.29 is 5.11 Å². The van der Waals surface area contributed by atoms with Crippen molar-refractivity contribution >= 4 is 0 Å². The van der Waals surface area contributed by atoms with E-state index in [4.69, 9.17) is 0 Å². The number of hydrogen-bond acceptors (Lipinski definition) is 1. The summed E-state index contributed by atoms with van der Waals surface area (Å²) in [6.07, 6.45) is 5.28. The molecule has 0 radical (unpaired) electrons. The van der Waals surface area contributed by atoms with Crippen LogP contribution in [0.3, 0.4) is 0 Å². The molecule has 0 aromatic carbocycles. The van der Waals surface area contributed by atoms with Crippen LogP contribution in [0.1, 0.15) is 47.0 Å². The molecule has 1 nitrogen and oxygen atoms in total. The van der Waals surface area contributed by atoms with E-state index >= 15 is 0 Å². The van der Waals surface area contributed by atoms with Gasteiger partial charge < -0.3 is 5.11 Å². The van der Waals surface area contributed by atoms with Crippen molar-refractivity contribution in [1.82, 2.24) is 0 Å². The smallest absolute Gasteiger partial charge is 0.0620 e. The fraction of sp³-hybridized carbons (Fsp3) is 0.733. The van der Waals surface area contributed by atoms with Crippen LogP contribution < -0.4 is 0 Å². The standard InChI is InChI=1S/C15H26O/c1-7-15(6)9-8-12(14(4,5)16)10-13(15)11(2)3/h7,12-13,16H,1-2,8-10H2,3-6H3/t12-,13-,15+/m1/s1. The van der Waals surface area contributed by atoms with Crippen molar-refractivity contribution in [3.63, 3.8) is 0 Å². The van der Waals surface area contributed by atoms with Crippen LogP contribution in [0.25, 0.3) is 0 Å². The molecule has 0 spiro atoms. The number of rotatable bonds is 3. The van der Waals surface area contributed by atoms with E-state index < -0.39 is 5.60 Å². The average molecular weight is 222 g/mol. The van der Waals surface area contributed by atoms with E-state index in [9.17, 15) is 5.11 Å². The number of aliphatic hydroxyl groups is 1. The Morgan fingerprint density at radius 1 is 1.50 bits per heavy atom. The first-order valence-electron chi connectivity index (χ1n) is 6.22. The predicted molar refractivity (Wildman–Crippen MR) is 70.2 cm³/mol. The van der Waals surface area contributed by atoms with E-state index in [1.165, 1.54) is 5.57 Å². The molecule has 0 bridgehead atoms. The van der Waals surface area contributed by atoms with Gasteiger partial charge in [-0.2, -0.15) is 0 Å². The normalized spacial score (nSPS) is 35.8. The van der Waals surface area contributed by atoms with E-state index in [-0.39, 0.29) is 5.41 Å². The minimum atomic E-state index is -0.573. The summed E-state index contributed by atoms with van der Waals surface area (Å²) in [5.74, 6) is 0.831. The van der Waals surface area contributed by atoms with Gasteiger partial charge in [0.25, 0.3) is 0 Å². The SMILES string of the molecule is C=C[C@@]1(C)CC[C@@H](C(C)(C)O)C[C@@H]1C(=C)C. The molecule has 0 saturated heterocycles. The van der Waals surface area contributed by atoms with Gasteiger partial charge in [-0.05, 0) is 57.3 Å². The molecule has 3 atom stereocenters. The molecule has 92 valence electrons. The molecular formula is C15H26O. The van der Waals surface area contributed by atoms with Crippen LogP contribution in [0.5, 0.6) is 0 Å². The van der Waals surface area contributed by atoms with Crippen LogP contribution in [0, 0.1) is 17.3 Å². The Bertz CT molecular complexity index is 284. The zero-order valence-electron chi connectivity index (χ0n) is 11.2. The third kappa shape index (κ3) is 2.57. The monoisotopic (exact) mass is 222 g/mol. The molecule has 1 aliphatic rings. The van der Waals surface area contributed by atoms with Crippen molar-refractivity contribution in [2.75, 3.05) is 0 Å². The Morgan fingerprint density at radius 3 is 2.44 bits per heavy atom. The predicted octanol–water partition coefficient (Wildman–Crippen LogP) is 3.94. The summed E-state index contributed by atoms with van der Waals surface area (Å²) < 4.78 is 0. The topological polar surface area (TPSA) is 20.2 Å². The first-order valence-corrected chi connectivity index (χ1v) is 6.22. The van der Waals surface area contributed by atoms with E-state index in [0.717, 1.165) is 19.3 Å². The van der Waals surface area contributed by atoms with Crippen LogP contribution in [0.4, 0.5) is 0 Å². The molecule has 0 amide bonds. The van der Waals surface area contributed by atoms with Crippen LogP contribution in [-0.4, -0.2) is 10.7 Å². The molecule has 1 fully saturated rings. The van der Waals surface area contributed by atoms with Gasteiger partial charge in [0, 0.05) is 0 Å². The quantitative estimate of drug-likeness (QED) is 0.717. The highest BCUT2D eigenvalue weighted by molar-refractivity contribution is 5.12. The largest absolute Gasteiger partial charge is 0.390 e. The van der Waals surface area contributed by atoms with Gasteiger partial charge in [0.1, 0.15) is 0 Å². The minimum Gasteiger partial charge on any atom is -0.390 e. The summed E-state index contributed by atoms with van der Waals surface area (Å²) in [7, 11) is 0. The summed E-state index contributed by atoms with van der Waals surface area (Å²) in [6.45, 7) is 16.3. The summed E-state index contributed by atoms with van der Waals surface area (Å²) in [6, 6.07) is 0. The molecule has 1 saturated carbocycles. The van der Waals surface area contributed by atoms with Gasteiger partial charge in [-0.1, -0.05) is 25.2 Å². The number of allylic oxidation sites excluding steroid dienone is 2. The van der Waals surface area contributed by atoms with Crippen LogP contribution in [-0.2, 0) is 0 Å². The molecule has 1 aliphatic carbocycles. The van der Waals surface area contributed by atoms with Crippen molar-refractivity contribution in [3.05, 3.63) is 24.8 Å². The summed E-state index contributed by atoms with van der Waals surface area (Å²) in [4.78, 5) is 0. The molecule has 0 heterocycles. The van der Waals surface area contributed by atoms with Gasteiger partial charge in [0.05, 0.1) is 5.60 Å². The molecule has 1 N–H and O–H groups in total. The van der Waals surface area contributed by atoms with Crippen LogP contribution in [0.15, 0.2) is 24.8 Å². The molecule has 0 aliphatic heterocycles. The summed E-state index contributed by atoms with van der Waals surface area (Å²) >= 11 is 0. The highest BCUT2D eigenvalue weighted by atomic mass is 16.3. The van der Waals surface area contributed by atoms with E-state index in [2.05, 4.69) is 33.1 Å². The van der Waals surface area contributed by atoms with Crippen molar-refractivity contribution in [1.29, 1.82) is 0 Å². The lowest BCUT2D eigenvalue weighted by atomic mass is 9.60. The second-order valence-electron chi connectivity index (χ2n) is 6.23. The van der Waals surface area contributed by atoms with Gasteiger partial charge >= 0.3 is 0 Å². The van der Waals surface area contributed by atoms with Crippen LogP contribution >= 0.6 is 0 Å². The van der Waals surface area contributed by atoms with E-state index in [1.807, 2.05) is 13.8 Å². The second kappa shape index (κ2) is 4.37. The maximum atomic E-state index is 10.1. The van der Waals surface area contributed by atoms with Gasteiger partial charge in [-0.3, -0.25) is 0 Å². The highest BCUT2D eigenvalue weighted by Crippen LogP contribution is 2.49. The summed E-state index contributed by atoms with van der Waals surface area (Å²) in [5.41, 5.74) is 0.806. The van der Waals surface area contributed by atoms with Crippen LogP contribution in [0.2, 0.25) is 0 Å². The molecule has 0 aromatic heterocycles. The maximum absolute atomic E-state index is 10.1. The second-order valence-corrected chi connectivity index (χ2v) is 6.23. The average Bonchev–Trinajstić information content (AvgIpc) is 2.16. The number of hydrogen-bond donors (Lipinski definition) is 1. The maximum Gasteiger partial charge on any atom is 0.0620 e. The molecule has 0 aromatic rings. The van der Waals surface area contributed by atoms with Crippen molar-refractivity contribution in [2.24, 2.45) is 17.3 Å². The molecule has 1 heteroatoms. The Kier molecular flexibility index (Phi) is 3.69. The molecule has 0 unspecified atom stereocenters. The fourth-order valence-corrected chi connectivity index (χ4v) is 2.98. The third-order valence-corrected chi connectivity index (χ3v) is 4.41. The Balaban J connectivity index is 2.90. The Labute approximate surface area is 100 Å². The first kappa shape index (κ1) is 13.5.